The van der Waals surface area contributed by atoms with Crippen LogP contribution in [0.5, 0.6) is 0 Å². The predicted octanol–water partition coefficient (Wildman–Crippen LogP) is 5.54. The Morgan fingerprint density at radius 1 is 0.957 bits per heavy atom. The highest BCUT2D eigenvalue weighted by Gasteiger charge is 2.39. The summed E-state index contributed by atoms with van der Waals surface area (Å²) in [5.74, 6) is -3.52. The number of nitrogens with one attached hydrogen (secondary N) is 1. The van der Waals surface area contributed by atoms with Crippen molar-refractivity contribution in [3.05, 3.63) is 65.9 Å². The van der Waals surface area contributed by atoms with Gasteiger partial charge in [-0.15, -0.1) is 0 Å². The van der Waals surface area contributed by atoms with Crippen molar-refractivity contribution in [1.29, 1.82) is 0 Å². The van der Waals surface area contributed by atoms with Gasteiger partial charge in [0.05, 0.1) is 12.4 Å². The normalized spacial score (nSPS) is 17.7. The Balaban J connectivity index is 1.53. The largest absolute Gasteiger partial charge is 0.460 e. The smallest absolute Gasteiger partial charge is 0.408 e. The zero-order valence-electron chi connectivity index (χ0n) is 26.9. The molecule has 13 heteroatoms. The maximum Gasteiger partial charge on any atom is 0.408 e. The Morgan fingerprint density at radius 2 is 1.65 bits per heavy atom. The van der Waals surface area contributed by atoms with Crippen molar-refractivity contribution in [3.63, 3.8) is 0 Å². The van der Waals surface area contributed by atoms with Crippen LogP contribution < -0.4 is 5.32 Å². The number of imidazole rings is 1. The number of halogens is 1. The number of aromatic nitrogens is 4. The van der Waals surface area contributed by atoms with Gasteiger partial charge >= 0.3 is 18.0 Å². The first-order valence-corrected chi connectivity index (χ1v) is 15.5. The Morgan fingerprint density at radius 3 is 2.33 bits per heavy atom. The van der Waals surface area contributed by atoms with Crippen LogP contribution >= 0.6 is 11.6 Å². The van der Waals surface area contributed by atoms with Gasteiger partial charge in [0.15, 0.2) is 10.8 Å². The van der Waals surface area contributed by atoms with Gasteiger partial charge in [0.25, 0.3) is 0 Å². The molecular formula is C33H40ClN5O7. The second kappa shape index (κ2) is 14.4. The highest BCUT2D eigenvalue weighted by Crippen LogP contribution is 2.36. The number of fused-ring (bicyclic) bond motifs is 1. The molecule has 1 N–H and O–H groups in total. The molecule has 0 saturated carbocycles. The zero-order valence-corrected chi connectivity index (χ0v) is 27.6. The molecule has 1 aliphatic carbocycles. The number of rotatable bonds is 11. The standard InChI is InChI=1S/C33H40ClN5O7/c1-32(2,3)45-29(41)23(38-31(43)46-33(4,5)6)14-15-24(40)25(30(42)44-17-20-10-8-7-9-11-20)21-12-13-22(16-21)39-19-37-26-27(34)35-18-36-28(26)39/h7-13,18-19,21-23,25H,14-17H2,1-6H3,(H,38,43)/t21-,22+,23+,25?/m1/s1. The topological polar surface area (TPSA) is 152 Å². The number of alkyl carbamates (subject to hydrolysis) is 1. The fourth-order valence-electron chi connectivity index (χ4n) is 5.10. The lowest BCUT2D eigenvalue weighted by Gasteiger charge is -2.27. The molecule has 0 bridgehead atoms. The summed E-state index contributed by atoms with van der Waals surface area (Å²) in [6, 6.07) is 7.70. The van der Waals surface area contributed by atoms with E-state index in [4.69, 9.17) is 25.8 Å². The molecule has 4 atom stereocenters. The molecule has 1 aromatic carbocycles. The molecule has 3 aromatic rings. The summed E-state index contributed by atoms with van der Waals surface area (Å²) >= 11 is 6.19. The third kappa shape index (κ3) is 9.35. The third-order valence-corrected chi connectivity index (χ3v) is 7.36. The molecule has 1 amide bonds. The quantitative estimate of drug-likeness (QED) is 0.0918. The lowest BCUT2D eigenvalue weighted by atomic mass is 9.85. The molecule has 12 nitrogen and oxygen atoms in total. The van der Waals surface area contributed by atoms with Crippen LogP contribution in [0.4, 0.5) is 4.79 Å². The van der Waals surface area contributed by atoms with E-state index in [0.717, 1.165) is 5.56 Å². The molecule has 1 unspecified atom stereocenters. The van der Waals surface area contributed by atoms with Gasteiger partial charge in [0.1, 0.15) is 47.4 Å². The van der Waals surface area contributed by atoms with Crippen LogP contribution in [0.2, 0.25) is 5.15 Å². The summed E-state index contributed by atoms with van der Waals surface area (Å²) in [6.07, 6.45) is 5.88. The minimum atomic E-state index is -1.19. The van der Waals surface area contributed by atoms with Crippen LogP contribution in [0.3, 0.4) is 0 Å². The monoisotopic (exact) mass is 653 g/mol. The minimum absolute atomic E-state index is 0.00831. The average Bonchev–Trinajstić information content (AvgIpc) is 3.61. The van der Waals surface area contributed by atoms with Crippen LogP contribution in [0.25, 0.3) is 11.2 Å². The lowest BCUT2D eigenvalue weighted by Crippen LogP contribution is -2.46. The van der Waals surface area contributed by atoms with Crippen molar-refractivity contribution >= 4 is 46.6 Å². The van der Waals surface area contributed by atoms with Gasteiger partial charge in [0.2, 0.25) is 0 Å². The second-order valence-electron chi connectivity index (χ2n) is 13.1. The number of esters is 2. The maximum atomic E-state index is 13.9. The van der Waals surface area contributed by atoms with E-state index in [9.17, 15) is 19.2 Å². The number of carbonyl (C=O) groups excluding carboxylic acids is 4. The van der Waals surface area contributed by atoms with Gasteiger partial charge in [-0.25, -0.2) is 24.5 Å². The van der Waals surface area contributed by atoms with E-state index in [1.54, 1.807) is 47.9 Å². The first kappa shape index (κ1) is 34.6. The highest BCUT2D eigenvalue weighted by atomic mass is 35.5. The summed E-state index contributed by atoms with van der Waals surface area (Å²) in [6.45, 7) is 10.2. The number of ketones is 1. The molecule has 246 valence electrons. The molecule has 0 aliphatic heterocycles. The predicted molar refractivity (Wildman–Crippen MR) is 170 cm³/mol. The third-order valence-electron chi connectivity index (χ3n) is 7.08. The number of Topliss-reactive ketones (excluding diaryl/α,β-unsaturated/α-hetero) is 1. The van der Waals surface area contributed by atoms with E-state index >= 15 is 0 Å². The van der Waals surface area contributed by atoms with Crippen LogP contribution in [0.1, 0.15) is 72.4 Å². The second-order valence-corrected chi connectivity index (χ2v) is 13.5. The SMILES string of the molecule is CC(C)(C)OC(=O)N[C@@H](CCC(=O)C(C(=O)OCc1ccccc1)[C@@H]1C=C[C@H](n2cnc3c(Cl)ncnc32)C1)C(=O)OC(C)(C)C. The average molecular weight is 654 g/mol. The Kier molecular flexibility index (Phi) is 10.8. The Bertz CT molecular complexity index is 1590. The number of allylic oxidation sites excluding steroid dienone is 2. The Labute approximate surface area is 272 Å². The molecule has 0 fully saturated rings. The van der Waals surface area contributed by atoms with E-state index in [-0.39, 0.29) is 30.6 Å². The molecule has 46 heavy (non-hydrogen) atoms. The number of ether oxygens (including phenoxy) is 3. The fraction of sp³-hybridized carbons (Fsp3) is 0.485. The summed E-state index contributed by atoms with van der Waals surface area (Å²) < 4.78 is 18.3. The molecule has 0 radical (unpaired) electrons. The van der Waals surface area contributed by atoms with Gasteiger partial charge in [-0.2, -0.15) is 0 Å². The van der Waals surface area contributed by atoms with Crippen molar-refractivity contribution in [2.45, 2.75) is 90.7 Å². The van der Waals surface area contributed by atoms with Crippen LogP contribution in [-0.4, -0.2) is 60.6 Å². The van der Waals surface area contributed by atoms with Gasteiger partial charge in [-0.1, -0.05) is 54.1 Å². The highest BCUT2D eigenvalue weighted by molar-refractivity contribution is 6.33. The summed E-state index contributed by atoms with van der Waals surface area (Å²) in [4.78, 5) is 65.7. The first-order chi connectivity index (χ1) is 21.6. The van der Waals surface area contributed by atoms with Crippen LogP contribution in [0, 0.1) is 11.8 Å². The van der Waals surface area contributed by atoms with Gasteiger partial charge in [-0.05, 0) is 65.9 Å². The van der Waals surface area contributed by atoms with E-state index in [2.05, 4.69) is 20.3 Å². The van der Waals surface area contributed by atoms with E-state index < -0.39 is 52.9 Å². The van der Waals surface area contributed by atoms with E-state index in [1.165, 1.54) is 6.33 Å². The summed E-state index contributed by atoms with van der Waals surface area (Å²) in [5.41, 5.74) is 0.0966. The van der Waals surface area contributed by atoms with Crippen molar-refractivity contribution in [2.24, 2.45) is 11.8 Å². The molecule has 2 aromatic heterocycles. The molecule has 0 spiro atoms. The van der Waals surface area contributed by atoms with Crippen LogP contribution in [-0.2, 0) is 35.2 Å². The van der Waals surface area contributed by atoms with Crippen molar-refractivity contribution in [3.8, 4) is 0 Å². The Hall–Kier alpha value is -4.32. The van der Waals surface area contributed by atoms with Gasteiger partial charge < -0.3 is 24.1 Å². The van der Waals surface area contributed by atoms with Crippen LogP contribution in [0.15, 0.2) is 55.1 Å². The summed E-state index contributed by atoms with van der Waals surface area (Å²) in [7, 11) is 0. The first-order valence-electron chi connectivity index (χ1n) is 15.1. The van der Waals surface area contributed by atoms with Crippen molar-refractivity contribution < 1.29 is 33.4 Å². The molecule has 4 rings (SSSR count). The number of hydrogen-bond donors (Lipinski definition) is 1. The van der Waals surface area contributed by atoms with E-state index in [0.29, 0.717) is 17.6 Å². The number of hydrogen-bond acceptors (Lipinski definition) is 10. The number of nitrogens with zero attached hydrogens (tertiary/aromatic N) is 4. The summed E-state index contributed by atoms with van der Waals surface area (Å²) in [5, 5.41) is 2.75. The van der Waals surface area contributed by atoms with Gasteiger partial charge in [0, 0.05) is 6.42 Å². The minimum Gasteiger partial charge on any atom is -0.460 e. The molecule has 1 aliphatic rings. The molecule has 2 heterocycles. The van der Waals surface area contributed by atoms with Crippen molar-refractivity contribution in [2.75, 3.05) is 0 Å². The molecular weight excluding hydrogens is 614 g/mol. The zero-order chi connectivity index (χ0) is 33.6. The van der Waals surface area contributed by atoms with Gasteiger partial charge in [-0.3, -0.25) is 9.59 Å². The number of amides is 1. The maximum absolute atomic E-state index is 13.9. The fourth-order valence-corrected chi connectivity index (χ4v) is 5.28. The molecule has 0 saturated heterocycles. The van der Waals surface area contributed by atoms with Crippen molar-refractivity contribution in [1.82, 2.24) is 24.8 Å². The van der Waals surface area contributed by atoms with E-state index in [1.807, 2.05) is 47.1 Å². The lowest BCUT2D eigenvalue weighted by molar-refractivity contribution is -0.157. The number of carbonyl (C=O) groups is 4. The number of benzene rings is 1.